The molecule has 2 unspecified atom stereocenters. The van der Waals surface area contributed by atoms with Gasteiger partial charge in [-0.3, -0.25) is 4.79 Å². The van der Waals surface area contributed by atoms with Crippen molar-refractivity contribution in [2.75, 3.05) is 6.54 Å². The molecule has 1 aliphatic heterocycles. The van der Waals surface area contributed by atoms with Crippen molar-refractivity contribution in [3.63, 3.8) is 0 Å². The van der Waals surface area contributed by atoms with Gasteiger partial charge in [0.1, 0.15) is 12.2 Å². The number of rotatable bonds is 3. The van der Waals surface area contributed by atoms with Crippen molar-refractivity contribution >= 4 is 35.5 Å². The lowest BCUT2D eigenvalue weighted by atomic mass is 9.91. The van der Waals surface area contributed by atoms with E-state index >= 15 is 4.39 Å². The first-order valence-electron chi connectivity index (χ1n) is 7.48. The summed E-state index contributed by atoms with van der Waals surface area (Å²) in [6.45, 7) is 0.134. The van der Waals surface area contributed by atoms with Gasteiger partial charge in [0.15, 0.2) is 0 Å². The highest BCUT2D eigenvalue weighted by atomic mass is 35.5. The third-order valence-corrected chi connectivity index (χ3v) is 4.53. The number of halogens is 4. The summed E-state index contributed by atoms with van der Waals surface area (Å²) in [4.78, 5) is 12.2. The van der Waals surface area contributed by atoms with Crippen LogP contribution in [0.2, 0.25) is 0 Å². The van der Waals surface area contributed by atoms with E-state index in [1.807, 2.05) is 6.07 Å². The van der Waals surface area contributed by atoms with Gasteiger partial charge >= 0.3 is 0 Å². The van der Waals surface area contributed by atoms with E-state index in [0.29, 0.717) is 5.56 Å². The molecule has 0 bridgehead atoms. The van der Waals surface area contributed by atoms with Gasteiger partial charge in [-0.25, -0.2) is 8.78 Å². The minimum atomic E-state index is -2.26. The van der Waals surface area contributed by atoms with Gasteiger partial charge in [0.25, 0.3) is 0 Å². The normalized spacial score (nSPS) is 32.0. The molecule has 1 aromatic carbocycles. The summed E-state index contributed by atoms with van der Waals surface area (Å²) < 4.78 is 28.3. The number of amides is 1. The molecule has 24 heavy (non-hydrogen) atoms. The largest absolute Gasteiger partial charge is 0.344 e. The van der Waals surface area contributed by atoms with Crippen LogP contribution in [-0.2, 0) is 4.79 Å². The summed E-state index contributed by atoms with van der Waals surface area (Å²) in [6, 6.07) is 7.25. The van der Waals surface area contributed by atoms with Gasteiger partial charge in [-0.1, -0.05) is 60.2 Å². The molecule has 1 aromatic rings. The molecule has 2 aliphatic rings. The predicted molar refractivity (Wildman–Crippen MR) is 93.7 cm³/mol. The van der Waals surface area contributed by atoms with Crippen LogP contribution < -0.4 is 10.6 Å². The monoisotopic (exact) mass is 374 g/mol. The molecule has 3 nitrogen and oxygen atoms in total. The zero-order chi connectivity index (χ0) is 16.4. The number of nitrogens with one attached hydrogen (secondary N) is 2. The van der Waals surface area contributed by atoms with Crippen LogP contribution in [0.1, 0.15) is 12.0 Å². The lowest BCUT2D eigenvalue weighted by molar-refractivity contribution is -0.123. The number of carbonyl (C=O) groups is 1. The SMILES string of the molecule is Cl.O=C(NC1C=CC=C(c2ccccc2)C1(F)Cl)[C@@H]1C[C@@H](F)CN1. The van der Waals surface area contributed by atoms with E-state index in [0.717, 1.165) is 0 Å². The summed E-state index contributed by atoms with van der Waals surface area (Å²) in [7, 11) is 0. The minimum Gasteiger partial charge on any atom is -0.344 e. The van der Waals surface area contributed by atoms with E-state index in [1.54, 1.807) is 36.4 Å². The lowest BCUT2D eigenvalue weighted by Gasteiger charge is -2.32. The minimum absolute atomic E-state index is 0. The van der Waals surface area contributed by atoms with Crippen molar-refractivity contribution in [1.82, 2.24) is 10.6 Å². The lowest BCUT2D eigenvalue weighted by Crippen LogP contribution is -2.52. The van der Waals surface area contributed by atoms with E-state index in [9.17, 15) is 9.18 Å². The summed E-state index contributed by atoms with van der Waals surface area (Å²) in [5.74, 6) is -0.447. The van der Waals surface area contributed by atoms with Crippen LogP contribution >= 0.6 is 24.0 Å². The molecule has 0 radical (unpaired) electrons. The van der Waals surface area contributed by atoms with Crippen LogP contribution in [0.3, 0.4) is 0 Å². The van der Waals surface area contributed by atoms with Gasteiger partial charge < -0.3 is 10.6 Å². The van der Waals surface area contributed by atoms with Crippen molar-refractivity contribution in [3.8, 4) is 0 Å². The maximum absolute atomic E-state index is 15.1. The smallest absolute Gasteiger partial charge is 0.237 e. The van der Waals surface area contributed by atoms with Crippen molar-refractivity contribution in [3.05, 3.63) is 54.1 Å². The van der Waals surface area contributed by atoms with E-state index in [-0.39, 0.29) is 30.9 Å². The highest BCUT2D eigenvalue weighted by Gasteiger charge is 2.43. The first-order valence-corrected chi connectivity index (χ1v) is 7.86. The van der Waals surface area contributed by atoms with Gasteiger partial charge in [-0.05, 0) is 5.56 Å². The fourth-order valence-electron chi connectivity index (χ4n) is 2.85. The molecule has 1 fully saturated rings. The predicted octanol–water partition coefficient (Wildman–Crippen LogP) is 3.15. The Balaban J connectivity index is 0.00000208. The maximum Gasteiger partial charge on any atom is 0.237 e. The van der Waals surface area contributed by atoms with Crippen molar-refractivity contribution in [2.24, 2.45) is 0 Å². The van der Waals surface area contributed by atoms with Gasteiger partial charge in [0, 0.05) is 18.5 Å². The van der Waals surface area contributed by atoms with Gasteiger partial charge in [-0.15, -0.1) is 12.4 Å². The highest BCUT2D eigenvalue weighted by molar-refractivity contribution is 6.30. The standard InChI is InChI=1S/C17H17ClF2N2O.ClH/c18-17(20)13(11-5-2-1-3-6-11)7-4-8-15(17)22-16(23)14-9-12(19)10-21-14;/h1-8,12,14-15,21H,9-10H2,(H,22,23);1H/t12-,14+,15?,17?;/m1./s1. The van der Waals surface area contributed by atoms with Crippen LogP contribution in [-0.4, -0.2) is 35.8 Å². The van der Waals surface area contributed by atoms with E-state index in [4.69, 9.17) is 11.6 Å². The Hall–Kier alpha value is -1.43. The van der Waals surface area contributed by atoms with Crippen LogP contribution in [0.4, 0.5) is 8.78 Å². The third kappa shape index (κ3) is 3.79. The average Bonchev–Trinajstić information content (AvgIpc) is 2.96. The highest BCUT2D eigenvalue weighted by Crippen LogP contribution is 2.40. The summed E-state index contributed by atoms with van der Waals surface area (Å²) in [5, 5.41) is 3.08. The van der Waals surface area contributed by atoms with Crippen molar-refractivity contribution in [2.45, 2.75) is 29.8 Å². The summed E-state index contributed by atoms with van der Waals surface area (Å²) in [5.41, 5.74) is 0.937. The number of hydrogen-bond acceptors (Lipinski definition) is 2. The maximum atomic E-state index is 15.1. The molecule has 0 aromatic heterocycles. The average molecular weight is 375 g/mol. The fourth-order valence-corrected chi connectivity index (χ4v) is 3.15. The molecule has 0 saturated carbocycles. The Morgan fingerprint density at radius 1 is 1.33 bits per heavy atom. The van der Waals surface area contributed by atoms with Crippen molar-refractivity contribution in [1.29, 1.82) is 0 Å². The van der Waals surface area contributed by atoms with Crippen molar-refractivity contribution < 1.29 is 13.6 Å². The number of alkyl halides is 3. The number of carbonyl (C=O) groups excluding carboxylic acids is 1. The Labute approximate surface area is 150 Å². The Kier molecular flexibility index (Phi) is 6.01. The zero-order valence-electron chi connectivity index (χ0n) is 12.7. The van der Waals surface area contributed by atoms with E-state index < -0.39 is 29.3 Å². The molecule has 3 rings (SSSR count). The summed E-state index contributed by atoms with van der Waals surface area (Å²) >= 11 is 6.12. The van der Waals surface area contributed by atoms with Gasteiger partial charge in [-0.2, -0.15) is 0 Å². The summed E-state index contributed by atoms with van der Waals surface area (Å²) in [6.07, 6.45) is 3.78. The first kappa shape index (κ1) is 18.9. The molecule has 0 spiro atoms. The molecule has 2 N–H and O–H groups in total. The molecule has 1 saturated heterocycles. The molecule has 1 amide bonds. The quantitative estimate of drug-likeness (QED) is 0.797. The second-order valence-electron chi connectivity index (χ2n) is 5.73. The number of benzene rings is 1. The first-order chi connectivity index (χ1) is 11.0. The Morgan fingerprint density at radius 3 is 2.67 bits per heavy atom. The molecule has 4 atom stereocenters. The van der Waals surface area contributed by atoms with Crippen LogP contribution in [0.25, 0.3) is 5.57 Å². The molecule has 7 heteroatoms. The molecular formula is C17H18Cl2F2N2O. The molecule has 130 valence electrons. The number of hydrogen-bond donors (Lipinski definition) is 2. The Morgan fingerprint density at radius 2 is 2.04 bits per heavy atom. The molecule has 1 heterocycles. The van der Waals surface area contributed by atoms with E-state index in [1.165, 1.54) is 6.08 Å². The third-order valence-electron chi connectivity index (χ3n) is 4.09. The topological polar surface area (TPSA) is 41.1 Å². The van der Waals surface area contributed by atoms with Crippen LogP contribution in [0, 0.1) is 0 Å². The second-order valence-corrected chi connectivity index (χ2v) is 6.28. The second kappa shape index (κ2) is 7.64. The fraction of sp³-hybridized carbons (Fsp3) is 0.353. The van der Waals surface area contributed by atoms with Gasteiger partial charge in [0.05, 0.1) is 6.04 Å². The zero-order valence-corrected chi connectivity index (χ0v) is 14.3. The molecule has 1 aliphatic carbocycles. The van der Waals surface area contributed by atoms with Crippen LogP contribution in [0.5, 0.6) is 0 Å². The number of allylic oxidation sites excluding steroid dienone is 2. The van der Waals surface area contributed by atoms with Gasteiger partial charge in [0.2, 0.25) is 11.0 Å². The van der Waals surface area contributed by atoms with E-state index in [2.05, 4.69) is 10.6 Å². The molecular weight excluding hydrogens is 357 g/mol. The van der Waals surface area contributed by atoms with Crippen LogP contribution in [0.15, 0.2) is 48.6 Å². The Bertz CT molecular complexity index is 649.